The first kappa shape index (κ1) is 14.2. The van der Waals surface area contributed by atoms with Crippen LogP contribution in [0.25, 0.3) is 0 Å². The van der Waals surface area contributed by atoms with E-state index in [0.717, 1.165) is 37.4 Å². The molecule has 0 bridgehead atoms. The molecule has 0 atom stereocenters. The lowest BCUT2D eigenvalue weighted by Gasteiger charge is -2.19. The molecule has 0 amide bonds. The van der Waals surface area contributed by atoms with Gasteiger partial charge in [0, 0.05) is 18.8 Å². The van der Waals surface area contributed by atoms with Crippen molar-refractivity contribution in [2.24, 2.45) is 5.73 Å². The summed E-state index contributed by atoms with van der Waals surface area (Å²) in [5, 5.41) is 3.28. The Hall–Kier alpha value is -1.20. The Morgan fingerprint density at radius 3 is 3.00 bits per heavy atom. The lowest BCUT2D eigenvalue weighted by atomic mass is 9.94. The molecule has 4 nitrogen and oxygen atoms in total. The van der Waals surface area contributed by atoms with Crippen LogP contribution in [-0.2, 0) is 17.6 Å². The summed E-state index contributed by atoms with van der Waals surface area (Å²) in [5.74, 6) is 0.799. The smallest absolute Gasteiger partial charge is 0.136 e. The third-order valence-electron chi connectivity index (χ3n) is 3.31. The number of nitrogens with two attached hydrogens (primary N) is 1. The first-order valence-electron chi connectivity index (χ1n) is 6.86. The van der Waals surface area contributed by atoms with Gasteiger partial charge in [-0.25, -0.2) is 4.98 Å². The number of nitrogens with one attached hydrogen (secondary N) is 1. The minimum Gasteiger partial charge on any atom is -0.389 e. The number of pyridine rings is 1. The number of hydrogen-bond acceptors (Lipinski definition) is 4. The molecule has 1 aromatic rings. The summed E-state index contributed by atoms with van der Waals surface area (Å²) >= 11 is 5.12. The monoisotopic (exact) mass is 279 g/mol. The van der Waals surface area contributed by atoms with Crippen LogP contribution < -0.4 is 11.1 Å². The zero-order valence-electron chi connectivity index (χ0n) is 11.4. The summed E-state index contributed by atoms with van der Waals surface area (Å²) in [6.07, 6.45) is 4.57. The fraction of sp³-hybridized carbons (Fsp3) is 0.571. The number of ether oxygens (including phenoxy) is 1. The topological polar surface area (TPSA) is 60.2 Å². The van der Waals surface area contributed by atoms with Gasteiger partial charge in [0.15, 0.2) is 0 Å². The second-order valence-electron chi connectivity index (χ2n) is 4.69. The highest BCUT2D eigenvalue weighted by Gasteiger charge is 2.16. The number of hydrogen-bond donors (Lipinski definition) is 2. The summed E-state index contributed by atoms with van der Waals surface area (Å²) in [4.78, 5) is 5.10. The first-order chi connectivity index (χ1) is 9.22. The molecule has 104 valence electrons. The van der Waals surface area contributed by atoms with Crippen molar-refractivity contribution < 1.29 is 4.74 Å². The number of anilines is 1. The van der Waals surface area contributed by atoms with Crippen LogP contribution in [-0.4, -0.2) is 29.7 Å². The Kier molecular flexibility index (Phi) is 5.10. The normalized spacial score (nSPS) is 13.9. The van der Waals surface area contributed by atoms with E-state index in [4.69, 9.17) is 27.7 Å². The molecular formula is C14H21N3OS. The number of aryl methyl sites for hydroxylation is 2. The second-order valence-corrected chi connectivity index (χ2v) is 5.13. The second kappa shape index (κ2) is 6.82. The number of rotatable bonds is 6. The van der Waals surface area contributed by atoms with Gasteiger partial charge < -0.3 is 15.8 Å². The number of thiocarbonyl (C=S) groups is 1. The molecule has 1 heterocycles. The molecular weight excluding hydrogens is 258 g/mol. The molecule has 19 heavy (non-hydrogen) atoms. The summed E-state index contributed by atoms with van der Waals surface area (Å²) in [6, 6.07) is 2.10. The van der Waals surface area contributed by atoms with E-state index in [1.807, 2.05) is 6.92 Å². The van der Waals surface area contributed by atoms with Crippen LogP contribution in [0.15, 0.2) is 6.07 Å². The van der Waals surface area contributed by atoms with Gasteiger partial charge in [-0.05, 0) is 44.2 Å². The molecule has 3 N–H and O–H groups in total. The first-order valence-corrected chi connectivity index (χ1v) is 7.27. The van der Waals surface area contributed by atoms with E-state index >= 15 is 0 Å². The van der Waals surface area contributed by atoms with Crippen molar-refractivity contribution in [1.82, 2.24) is 4.98 Å². The largest absolute Gasteiger partial charge is 0.389 e. The fourth-order valence-corrected chi connectivity index (χ4v) is 2.50. The highest BCUT2D eigenvalue weighted by Crippen LogP contribution is 2.24. The third kappa shape index (κ3) is 3.64. The standard InChI is InChI=1S/C14H21N3OS/c1-2-18-8-7-16-14-11(13(15)19)9-10-5-3-4-6-12(10)17-14/h9H,2-8H2,1H3,(H2,15,19)(H,16,17). The van der Waals surface area contributed by atoms with Crippen molar-refractivity contribution in [3.63, 3.8) is 0 Å². The van der Waals surface area contributed by atoms with Gasteiger partial charge in [-0.2, -0.15) is 0 Å². The molecule has 0 saturated carbocycles. The molecule has 0 unspecified atom stereocenters. The van der Waals surface area contributed by atoms with Gasteiger partial charge in [-0.1, -0.05) is 12.2 Å². The van der Waals surface area contributed by atoms with E-state index in [9.17, 15) is 0 Å². The van der Waals surface area contributed by atoms with Gasteiger partial charge in [-0.3, -0.25) is 0 Å². The zero-order valence-corrected chi connectivity index (χ0v) is 12.2. The average molecular weight is 279 g/mol. The van der Waals surface area contributed by atoms with E-state index in [1.54, 1.807) is 0 Å². The minimum absolute atomic E-state index is 0.403. The van der Waals surface area contributed by atoms with Gasteiger partial charge in [-0.15, -0.1) is 0 Å². The predicted molar refractivity (Wildman–Crippen MR) is 81.7 cm³/mol. The summed E-state index contributed by atoms with van der Waals surface area (Å²) in [6.45, 7) is 4.08. The van der Waals surface area contributed by atoms with Crippen molar-refractivity contribution in [3.05, 3.63) is 22.9 Å². The van der Waals surface area contributed by atoms with Crippen LogP contribution in [0.5, 0.6) is 0 Å². The summed E-state index contributed by atoms with van der Waals surface area (Å²) in [5.41, 5.74) is 9.13. The van der Waals surface area contributed by atoms with Crippen LogP contribution in [0.4, 0.5) is 5.82 Å². The van der Waals surface area contributed by atoms with Crippen LogP contribution in [0.1, 0.15) is 36.6 Å². The van der Waals surface area contributed by atoms with E-state index in [-0.39, 0.29) is 0 Å². The Bertz CT molecular complexity index is 462. The molecule has 1 aliphatic carbocycles. The number of fused-ring (bicyclic) bond motifs is 1. The van der Waals surface area contributed by atoms with Crippen molar-refractivity contribution in [3.8, 4) is 0 Å². The van der Waals surface area contributed by atoms with Crippen LogP contribution in [0, 0.1) is 0 Å². The SMILES string of the molecule is CCOCCNc1nc2c(cc1C(N)=S)CCCC2. The van der Waals surface area contributed by atoms with Crippen LogP contribution in [0.2, 0.25) is 0 Å². The van der Waals surface area contributed by atoms with Gasteiger partial charge in [0.1, 0.15) is 10.8 Å². The van der Waals surface area contributed by atoms with Crippen molar-refractivity contribution in [2.75, 3.05) is 25.1 Å². The maximum absolute atomic E-state index is 5.80. The molecule has 1 aliphatic rings. The predicted octanol–water partition coefficient (Wildman–Crippen LogP) is 2.04. The summed E-state index contributed by atoms with van der Waals surface area (Å²) in [7, 11) is 0. The quantitative estimate of drug-likeness (QED) is 0.616. The minimum atomic E-state index is 0.403. The fourth-order valence-electron chi connectivity index (χ4n) is 2.34. The van der Waals surface area contributed by atoms with E-state index in [1.165, 1.54) is 24.1 Å². The third-order valence-corrected chi connectivity index (χ3v) is 3.53. The number of aromatic nitrogens is 1. The molecule has 0 aromatic carbocycles. The molecule has 0 spiro atoms. The highest BCUT2D eigenvalue weighted by atomic mass is 32.1. The summed E-state index contributed by atoms with van der Waals surface area (Å²) < 4.78 is 5.31. The Morgan fingerprint density at radius 1 is 1.47 bits per heavy atom. The average Bonchev–Trinajstić information content (AvgIpc) is 2.42. The highest BCUT2D eigenvalue weighted by molar-refractivity contribution is 7.80. The molecule has 0 saturated heterocycles. The Balaban J connectivity index is 2.17. The van der Waals surface area contributed by atoms with Gasteiger partial charge >= 0.3 is 0 Å². The maximum Gasteiger partial charge on any atom is 0.136 e. The maximum atomic E-state index is 5.80. The van der Waals surface area contributed by atoms with Crippen LogP contribution >= 0.6 is 12.2 Å². The van der Waals surface area contributed by atoms with Gasteiger partial charge in [0.05, 0.1) is 12.2 Å². The molecule has 0 radical (unpaired) electrons. The molecule has 2 rings (SSSR count). The van der Waals surface area contributed by atoms with Crippen molar-refractivity contribution >= 4 is 23.0 Å². The van der Waals surface area contributed by atoms with E-state index in [0.29, 0.717) is 11.6 Å². The van der Waals surface area contributed by atoms with Crippen LogP contribution in [0.3, 0.4) is 0 Å². The molecule has 5 heteroatoms. The lowest BCUT2D eigenvalue weighted by molar-refractivity contribution is 0.158. The Morgan fingerprint density at radius 2 is 2.26 bits per heavy atom. The Labute approximate surface area is 119 Å². The zero-order chi connectivity index (χ0) is 13.7. The van der Waals surface area contributed by atoms with Crippen molar-refractivity contribution in [1.29, 1.82) is 0 Å². The molecule has 0 fully saturated rings. The van der Waals surface area contributed by atoms with Gasteiger partial charge in [0.25, 0.3) is 0 Å². The number of nitrogens with zero attached hydrogens (tertiary/aromatic N) is 1. The lowest BCUT2D eigenvalue weighted by Crippen LogP contribution is -2.19. The van der Waals surface area contributed by atoms with Gasteiger partial charge in [0.2, 0.25) is 0 Å². The van der Waals surface area contributed by atoms with Crippen molar-refractivity contribution in [2.45, 2.75) is 32.6 Å². The molecule has 0 aliphatic heterocycles. The molecule has 1 aromatic heterocycles. The van der Waals surface area contributed by atoms with E-state index in [2.05, 4.69) is 11.4 Å². The van der Waals surface area contributed by atoms with E-state index < -0.39 is 0 Å².